The van der Waals surface area contributed by atoms with Gasteiger partial charge in [0, 0.05) is 0 Å². The third-order valence-electron chi connectivity index (χ3n) is 7.03. The zero-order chi connectivity index (χ0) is 20.4. The summed E-state index contributed by atoms with van der Waals surface area (Å²) in [7, 11) is 0. The van der Waals surface area contributed by atoms with Crippen LogP contribution in [0.25, 0.3) is 11.1 Å². The summed E-state index contributed by atoms with van der Waals surface area (Å²) in [4.78, 5) is 0. The lowest BCUT2D eigenvalue weighted by Crippen LogP contribution is -2.26. The number of fused-ring (bicyclic) bond motifs is 1. The first-order valence-corrected chi connectivity index (χ1v) is 10.9. The highest BCUT2D eigenvalue weighted by Gasteiger charge is 2.31. The van der Waals surface area contributed by atoms with Gasteiger partial charge in [-0.05, 0) is 84.2 Å². The van der Waals surface area contributed by atoms with Crippen LogP contribution >= 0.6 is 0 Å². The molecule has 0 heterocycles. The standard InChI is InChI=1S/C25H29F3O/c1-2-17-3-5-18(6-4-17)20-7-9-23-16-21(8-10-22(23)15-20)19-11-13-24(14-12-19)29-25(26,27)28/h8,10-14,16-18,20H,2-7,9,15H2,1H3. The van der Waals surface area contributed by atoms with E-state index in [-0.39, 0.29) is 5.75 Å². The summed E-state index contributed by atoms with van der Waals surface area (Å²) >= 11 is 0. The minimum absolute atomic E-state index is 0.181. The average Bonchev–Trinajstić information content (AvgIpc) is 2.72. The summed E-state index contributed by atoms with van der Waals surface area (Å²) in [6.45, 7) is 2.32. The first-order valence-electron chi connectivity index (χ1n) is 10.9. The first-order chi connectivity index (χ1) is 13.9. The van der Waals surface area contributed by atoms with Crippen LogP contribution in [0, 0.1) is 17.8 Å². The second-order valence-electron chi connectivity index (χ2n) is 8.75. The van der Waals surface area contributed by atoms with Crippen LogP contribution < -0.4 is 4.74 Å². The van der Waals surface area contributed by atoms with Gasteiger partial charge in [0.25, 0.3) is 0 Å². The molecule has 1 saturated carbocycles. The molecule has 2 aromatic rings. The number of hydrogen-bond donors (Lipinski definition) is 0. The van der Waals surface area contributed by atoms with Crippen LogP contribution in [0.15, 0.2) is 42.5 Å². The van der Waals surface area contributed by atoms with Crippen molar-refractivity contribution in [1.29, 1.82) is 0 Å². The molecule has 1 nitrogen and oxygen atoms in total. The van der Waals surface area contributed by atoms with Crippen LogP contribution in [0.1, 0.15) is 56.6 Å². The van der Waals surface area contributed by atoms with Gasteiger partial charge in [0.15, 0.2) is 0 Å². The van der Waals surface area contributed by atoms with Gasteiger partial charge in [0.1, 0.15) is 5.75 Å². The van der Waals surface area contributed by atoms with E-state index in [2.05, 4.69) is 29.9 Å². The molecule has 2 aliphatic carbocycles. The smallest absolute Gasteiger partial charge is 0.406 e. The van der Waals surface area contributed by atoms with Crippen LogP contribution in [0.5, 0.6) is 5.75 Å². The number of aryl methyl sites for hydroxylation is 1. The molecule has 0 aliphatic heterocycles. The average molecular weight is 403 g/mol. The topological polar surface area (TPSA) is 9.23 Å². The van der Waals surface area contributed by atoms with E-state index in [0.29, 0.717) is 0 Å². The van der Waals surface area contributed by atoms with E-state index < -0.39 is 6.36 Å². The van der Waals surface area contributed by atoms with Crippen LogP contribution in [0.4, 0.5) is 13.2 Å². The van der Waals surface area contributed by atoms with Crippen molar-refractivity contribution >= 4 is 0 Å². The number of ether oxygens (including phenoxy) is 1. The van der Waals surface area contributed by atoms with Crippen molar-refractivity contribution < 1.29 is 17.9 Å². The van der Waals surface area contributed by atoms with Crippen molar-refractivity contribution in [2.75, 3.05) is 0 Å². The second kappa shape index (κ2) is 8.41. The number of hydrogen-bond acceptors (Lipinski definition) is 1. The fourth-order valence-electron chi connectivity index (χ4n) is 5.28. The lowest BCUT2D eigenvalue weighted by Gasteiger charge is -2.36. The molecule has 0 spiro atoms. The third-order valence-corrected chi connectivity index (χ3v) is 7.03. The Balaban J connectivity index is 1.42. The van der Waals surface area contributed by atoms with Crippen LogP contribution in [0.3, 0.4) is 0 Å². The molecule has 29 heavy (non-hydrogen) atoms. The van der Waals surface area contributed by atoms with Crippen molar-refractivity contribution in [2.45, 2.75) is 64.7 Å². The highest BCUT2D eigenvalue weighted by atomic mass is 19.4. The fraction of sp³-hybridized carbons (Fsp3) is 0.520. The van der Waals surface area contributed by atoms with Gasteiger partial charge in [-0.1, -0.05) is 56.5 Å². The zero-order valence-corrected chi connectivity index (χ0v) is 17.0. The number of alkyl halides is 3. The molecular weight excluding hydrogens is 373 g/mol. The Hall–Kier alpha value is -1.97. The van der Waals surface area contributed by atoms with Gasteiger partial charge in [0.05, 0.1) is 0 Å². The Morgan fingerprint density at radius 3 is 2.17 bits per heavy atom. The van der Waals surface area contributed by atoms with Crippen LogP contribution in [0.2, 0.25) is 0 Å². The lowest BCUT2D eigenvalue weighted by molar-refractivity contribution is -0.274. The molecule has 1 fully saturated rings. The maximum absolute atomic E-state index is 12.3. The summed E-state index contributed by atoms with van der Waals surface area (Å²) in [5.41, 5.74) is 4.84. The summed E-state index contributed by atoms with van der Waals surface area (Å²) in [5, 5.41) is 0. The van der Waals surface area contributed by atoms with Crippen molar-refractivity contribution in [3.63, 3.8) is 0 Å². The van der Waals surface area contributed by atoms with Crippen molar-refractivity contribution in [1.82, 2.24) is 0 Å². The van der Waals surface area contributed by atoms with Crippen LogP contribution in [-0.4, -0.2) is 6.36 Å². The number of benzene rings is 2. The van der Waals surface area contributed by atoms with Gasteiger partial charge >= 0.3 is 6.36 Å². The first kappa shape index (κ1) is 20.3. The van der Waals surface area contributed by atoms with Gasteiger partial charge in [-0.3, -0.25) is 0 Å². The molecule has 4 heteroatoms. The molecule has 0 amide bonds. The molecular formula is C25H29F3O. The highest BCUT2D eigenvalue weighted by molar-refractivity contribution is 5.66. The molecule has 0 radical (unpaired) electrons. The van der Waals surface area contributed by atoms with Gasteiger partial charge in [-0.2, -0.15) is 0 Å². The molecule has 2 aromatic carbocycles. The number of rotatable bonds is 4. The maximum atomic E-state index is 12.3. The van der Waals surface area contributed by atoms with E-state index in [4.69, 9.17) is 0 Å². The minimum Gasteiger partial charge on any atom is -0.406 e. The van der Waals surface area contributed by atoms with Gasteiger partial charge < -0.3 is 4.74 Å². The third kappa shape index (κ3) is 4.96. The van der Waals surface area contributed by atoms with E-state index >= 15 is 0 Å². The monoisotopic (exact) mass is 402 g/mol. The Labute approximate surface area is 171 Å². The van der Waals surface area contributed by atoms with E-state index in [0.717, 1.165) is 35.3 Å². The van der Waals surface area contributed by atoms with Crippen molar-refractivity contribution in [3.05, 3.63) is 53.6 Å². The fourth-order valence-corrected chi connectivity index (χ4v) is 5.28. The molecule has 0 saturated heterocycles. The second-order valence-corrected chi connectivity index (χ2v) is 8.75. The lowest BCUT2D eigenvalue weighted by atomic mass is 9.69. The van der Waals surface area contributed by atoms with Crippen molar-refractivity contribution in [2.24, 2.45) is 17.8 Å². The molecule has 156 valence electrons. The molecule has 0 aromatic heterocycles. The van der Waals surface area contributed by atoms with Crippen LogP contribution in [-0.2, 0) is 12.8 Å². The highest BCUT2D eigenvalue weighted by Crippen LogP contribution is 2.41. The Morgan fingerprint density at radius 2 is 1.52 bits per heavy atom. The maximum Gasteiger partial charge on any atom is 0.573 e. The van der Waals surface area contributed by atoms with E-state index in [9.17, 15) is 13.2 Å². The molecule has 2 aliphatic rings. The largest absolute Gasteiger partial charge is 0.573 e. The van der Waals surface area contributed by atoms with Gasteiger partial charge in [-0.25, -0.2) is 0 Å². The molecule has 0 N–H and O–H groups in total. The summed E-state index contributed by atoms with van der Waals surface area (Å²) in [6, 6.07) is 12.7. The predicted octanol–water partition coefficient (Wildman–Crippen LogP) is 7.57. The van der Waals surface area contributed by atoms with Gasteiger partial charge in [0.2, 0.25) is 0 Å². The van der Waals surface area contributed by atoms with E-state index in [1.165, 1.54) is 68.2 Å². The number of halogens is 3. The zero-order valence-electron chi connectivity index (χ0n) is 17.0. The molecule has 4 rings (SSSR count). The SMILES string of the molecule is CCC1CCC(C2CCc3cc(-c4ccc(OC(F)(F)F)cc4)ccc3C2)CC1. The summed E-state index contributed by atoms with van der Waals surface area (Å²) < 4.78 is 41.0. The summed E-state index contributed by atoms with van der Waals surface area (Å²) in [6.07, 6.45) is 5.80. The molecule has 1 unspecified atom stereocenters. The van der Waals surface area contributed by atoms with E-state index in [1.807, 2.05) is 0 Å². The molecule has 0 bridgehead atoms. The Kier molecular flexibility index (Phi) is 5.89. The van der Waals surface area contributed by atoms with Crippen molar-refractivity contribution in [3.8, 4) is 16.9 Å². The van der Waals surface area contributed by atoms with Gasteiger partial charge in [-0.15, -0.1) is 13.2 Å². The molecule has 1 atom stereocenters. The Bertz CT molecular complexity index is 817. The minimum atomic E-state index is -4.65. The Morgan fingerprint density at radius 1 is 0.828 bits per heavy atom. The predicted molar refractivity (Wildman–Crippen MR) is 110 cm³/mol. The summed E-state index contributed by atoms with van der Waals surface area (Å²) in [5.74, 6) is 2.45. The quantitative estimate of drug-likeness (QED) is 0.512. The normalized spacial score (nSPS) is 24.8. The van der Waals surface area contributed by atoms with E-state index in [1.54, 1.807) is 12.1 Å².